The zero-order valence-electron chi connectivity index (χ0n) is 21.9. The molecule has 0 N–H and O–H groups in total. The molecule has 8 heteroatoms. The van der Waals surface area contributed by atoms with Gasteiger partial charge in [-0.05, 0) is 34.6 Å². The highest BCUT2D eigenvalue weighted by atomic mass is 32.2. The number of sulfonamides is 1. The van der Waals surface area contributed by atoms with E-state index < -0.39 is 10.0 Å². The first kappa shape index (κ1) is 27.2. The van der Waals surface area contributed by atoms with Gasteiger partial charge in [0.05, 0.1) is 4.90 Å². The SMILES string of the molecule is CC(C)(C)CC(=O)N(CCN1CCN(S(=O)(=O)c2cccc3ccccc23)CC1)Cc1ccc(F)cc1. The number of nitrogens with zero attached hydrogens (tertiary/aromatic N) is 3. The number of hydrogen-bond donors (Lipinski definition) is 0. The summed E-state index contributed by atoms with van der Waals surface area (Å²) in [7, 11) is -3.61. The van der Waals surface area contributed by atoms with Gasteiger partial charge in [0.15, 0.2) is 0 Å². The highest BCUT2D eigenvalue weighted by Gasteiger charge is 2.30. The average molecular weight is 526 g/mol. The molecule has 6 nitrogen and oxygen atoms in total. The second-order valence-electron chi connectivity index (χ2n) is 10.9. The van der Waals surface area contributed by atoms with E-state index in [0.717, 1.165) is 16.3 Å². The van der Waals surface area contributed by atoms with Gasteiger partial charge in [-0.2, -0.15) is 4.31 Å². The second-order valence-corrected chi connectivity index (χ2v) is 12.8. The zero-order valence-corrected chi connectivity index (χ0v) is 22.7. The van der Waals surface area contributed by atoms with Gasteiger partial charge < -0.3 is 4.90 Å². The Hall–Kier alpha value is -2.81. The van der Waals surface area contributed by atoms with Crippen molar-refractivity contribution in [3.63, 3.8) is 0 Å². The Kier molecular flexibility index (Phi) is 8.31. The first-order valence-corrected chi connectivity index (χ1v) is 14.2. The molecule has 0 bridgehead atoms. The van der Waals surface area contributed by atoms with Gasteiger partial charge in [0, 0.05) is 57.6 Å². The van der Waals surface area contributed by atoms with Crippen molar-refractivity contribution in [1.29, 1.82) is 0 Å². The van der Waals surface area contributed by atoms with Crippen LogP contribution >= 0.6 is 0 Å². The van der Waals surface area contributed by atoms with E-state index in [-0.39, 0.29) is 17.1 Å². The lowest BCUT2D eigenvalue weighted by atomic mass is 9.91. The van der Waals surface area contributed by atoms with Crippen molar-refractivity contribution in [3.8, 4) is 0 Å². The van der Waals surface area contributed by atoms with Crippen LogP contribution in [0.1, 0.15) is 32.8 Å². The molecule has 1 fully saturated rings. The van der Waals surface area contributed by atoms with E-state index in [1.165, 1.54) is 12.1 Å². The average Bonchev–Trinajstić information content (AvgIpc) is 2.86. The van der Waals surface area contributed by atoms with E-state index in [1.54, 1.807) is 28.6 Å². The topological polar surface area (TPSA) is 60.9 Å². The lowest BCUT2D eigenvalue weighted by molar-refractivity contribution is -0.134. The van der Waals surface area contributed by atoms with Crippen LogP contribution in [0.2, 0.25) is 0 Å². The van der Waals surface area contributed by atoms with E-state index in [1.807, 2.05) is 56.0 Å². The van der Waals surface area contributed by atoms with Crippen LogP contribution in [0.3, 0.4) is 0 Å². The fraction of sp³-hybridized carbons (Fsp3) is 0.414. The van der Waals surface area contributed by atoms with E-state index >= 15 is 0 Å². The smallest absolute Gasteiger partial charge is 0.243 e. The van der Waals surface area contributed by atoms with Gasteiger partial charge in [0.25, 0.3) is 0 Å². The molecule has 0 aromatic heterocycles. The summed E-state index contributed by atoms with van der Waals surface area (Å²) in [6.07, 6.45) is 0.422. The molecule has 0 spiro atoms. The third-order valence-corrected chi connectivity index (χ3v) is 8.66. The van der Waals surface area contributed by atoms with Crippen molar-refractivity contribution in [2.75, 3.05) is 39.3 Å². The molecule has 3 aromatic carbocycles. The van der Waals surface area contributed by atoms with Crippen LogP contribution in [-0.4, -0.2) is 67.7 Å². The summed E-state index contributed by atoms with van der Waals surface area (Å²) < 4.78 is 41.8. The Labute approximate surface area is 219 Å². The molecule has 0 aliphatic carbocycles. The van der Waals surface area contributed by atoms with E-state index in [2.05, 4.69) is 4.90 Å². The largest absolute Gasteiger partial charge is 0.337 e. The number of halogens is 1. The summed E-state index contributed by atoms with van der Waals surface area (Å²) in [5, 5.41) is 1.64. The summed E-state index contributed by atoms with van der Waals surface area (Å²) in [6, 6.07) is 19.2. The van der Waals surface area contributed by atoms with Crippen LogP contribution in [0.15, 0.2) is 71.6 Å². The molecule has 1 heterocycles. The van der Waals surface area contributed by atoms with E-state index in [9.17, 15) is 17.6 Å². The number of carbonyl (C=O) groups is 1. The Balaban J connectivity index is 1.39. The summed E-state index contributed by atoms with van der Waals surface area (Å²) in [6.45, 7) is 9.72. The minimum absolute atomic E-state index is 0.0639. The molecule has 1 aliphatic rings. The summed E-state index contributed by atoms with van der Waals surface area (Å²) >= 11 is 0. The first-order valence-electron chi connectivity index (χ1n) is 12.8. The third-order valence-electron chi connectivity index (χ3n) is 6.71. The van der Waals surface area contributed by atoms with E-state index in [4.69, 9.17) is 0 Å². The van der Waals surface area contributed by atoms with Crippen LogP contribution in [-0.2, 0) is 21.4 Å². The maximum atomic E-state index is 13.5. The van der Waals surface area contributed by atoms with Crippen LogP contribution < -0.4 is 0 Å². The van der Waals surface area contributed by atoms with Crippen LogP contribution in [0.25, 0.3) is 10.8 Å². The first-order chi connectivity index (χ1) is 17.5. The number of piperazine rings is 1. The minimum atomic E-state index is -3.61. The zero-order chi connectivity index (χ0) is 26.6. The van der Waals surface area contributed by atoms with E-state index in [0.29, 0.717) is 57.1 Å². The highest BCUT2D eigenvalue weighted by molar-refractivity contribution is 7.89. The standard InChI is InChI=1S/C29H36FN3O3S/c1-29(2,3)21-28(34)32(22-23-11-13-25(30)14-12-23)18-15-31-16-19-33(20-17-31)37(35,36)27-10-6-8-24-7-4-5-9-26(24)27/h4-14H,15-22H2,1-3H3. The maximum absolute atomic E-state index is 13.5. The quantitative estimate of drug-likeness (QED) is 0.426. The molecular formula is C29H36FN3O3S. The molecule has 1 aliphatic heterocycles. The van der Waals surface area contributed by atoms with Gasteiger partial charge in [-0.3, -0.25) is 9.69 Å². The molecule has 1 amide bonds. The van der Waals surface area contributed by atoms with Crippen molar-refractivity contribution in [2.24, 2.45) is 5.41 Å². The van der Waals surface area contributed by atoms with Crippen LogP contribution in [0, 0.1) is 11.2 Å². The third kappa shape index (κ3) is 6.94. The van der Waals surface area contributed by atoms with Gasteiger partial charge in [-0.1, -0.05) is 69.3 Å². The van der Waals surface area contributed by atoms with Crippen LogP contribution in [0.4, 0.5) is 4.39 Å². The Bertz CT molecular complexity index is 1320. The normalized spacial score (nSPS) is 15.7. The van der Waals surface area contributed by atoms with Gasteiger partial charge in [0.1, 0.15) is 5.82 Å². The molecule has 3 aromatic rings. The number of amides is 1. The number of rotatable bonds is 8. The van der Waals surface area contributed by atoms with Gasteiger partial charge >= 0.3 is 0 Å². The Morgan fingerprint density at radius 3 is 2.24 bits per heavy atom. The molecular weight excluding hydrogens is 489 g/mol. The number of benzene rings is 3. The monoisotopic (exact) mass is 525 g/mol. The van der Waals surface area contributed by atoms with Gasteiger partial charge in [-0.15, -0.1) is 0 Å². The van der Waals surface area contributed by atoms with Gasteiger partial charge in [0.2, 0.25) is 15.9 Å². The predicted octanol–water partition coefficient (Wildman–Crippen LogP) is 4.75. The number of hydrogen-bond acceptors (Lipinski definition) is 4. The lowest BCUT2D eigenvalue weighted by Gasteiger charge is -2.35. The summed E-state index contributed by atoms with van der Waals surface area (Å²) in [4.78, 5) is 17.5. The van der Waals surface area contributed by atoms with Gasteiger partial charge in [-0.25, -0.2) is 12.8 Å². The summed E-state index contributed by atoms with van der Waals surface area (Å²) in [5.41, 5.74) is 0.745. The molecule has 0 saturated carbocycles. The summed E-state index contributed by atoms with van der Waals surface area (Å²) in [5.74, 6) is -0.235. The highest BCUT2D eigenvalue weighted by Crippen LogP contribution is 2.26. The Morgan fingerprint density at radius 1 is 0.919 bits per heavy atom. The fourth-order valence-electron chi connectivity index (χ4n) is 4.68. The molecule has 37 heavy (non-hydrogen) atoms. The molecule has 1 saturated heterocycles. The number of fused-ring (bicyclic) bond motifs is 1. The maximum Gasteiger partial charge on any atom is 0.243 e. The molecule has 4 rings (SSSR count). The van der Waals surface area contributed by atoms with Crippen molar-refractivity contribution in [3.05, 3.63) is 78.1 Å². The lowest BCUT2D eigenvalue weighted by Crippen LogP contribution is -2.50. The molecule has 0 atom stereocenters. The van der Waals surface area contributed by atoms with Crippen molar-refractivity contribution >= 4 is 26.7 Å². The molecule has 0 unspecified atom stereocenters. The Morgan fingerprint density at radius 2 is 1.57 bits per heavy atom. The van der Waals surface area contributed by atoms with Crippen molar-refractivity contribution in [2.45, 2.75) is 38.6 Å². The molecule has 0 radical (unpaired) electrons. The van der Waals surface area contributed by atoms with Crippen molar-refractivity contribution in [1.82, 2.24) is 14.1 Å². The second kappa shape index (κ2) is 11.3. The fourth-order valence-corrected chi connectivity index (χ4v) is 6.32. The minimum Gasteiger partial charge on any atom is -0.337 e. The van der Waals surface area contributed by atoms with Crippen LogP contribution in [0.5, 0.6) is 0 Å². The number of carbonyl (C=O) groups excluding carboxylic acids is 1. The van der Waals surface area contributed by atoms with Crippen molar-refractivity contribution < 1.29 is 17.6 Å². The predicted molar refractivity (Wildman–Crippen MR) is 145 cm³/mol. The molecule has 198 valence electrons.